The van der Waals surface area contributed by atoms with Gasteiger partial charge in [0.15, 0.2) is 0 Å². The quantitative estimate of drug-likeness (QED) is 0.315. The topological polar surface area (TPSA) is 0 Å². The lowest BCUT2D eigenvalue weighted by molar-refractivity contribution is 0.896. The first-order valence-electron chi connectivity index (χ1n) is 7.92. The number of hydrogen-bond donors (Lipinski definition) is 0. The third kappa shape index (κ3) is 5.95. The van der Waals surface area contributed by atoms with Gasteiger partial charge in [-0.2, -0.15) is 0 Å². The molecule has 0 fully saturated rings. The Balaban J connectivity index is 1.86. The van der Waals surface area contributed by atoms with Gasteiger partial charge >= 0.3 is 0 Å². The Morgan fingerprint density at radius 1 is 0.818 bits per heavy atom. The summed E-state index contributed by atoms with van der Waals surface area (Å²) in [6, 6.07) is 17.4. The van der Waals surface area contributed by atoms with E-state index >= 15 is 0 Å². The molecule has 0 N–H and O–H groups in total. The van der Waals surface area contributed by atoms with E-state index in [1.807, 2.05) is 11.8 Å². The Morgan fingerprint density at radius 3 is 1.91 bits per heavy atom. The van der Waals surface area contributed by atoms with Crippen molar-refractivity contribution in [1.29, 1.82) is 0 Å². The molecule has 0 atom stereocenters. The Labute approximate surface area is 139 Å². The molecule has 22 heavy (non-hydrogen) atoms. The molecule has 0 aromatic heterocycles. The van der Waals surface area contributed by atoms with Crippen molar-refractivity contribution in [2.24, 2.45) is 0 Å². The minimum absolute atomic E-state index is 1.21. The van der Waals surface area contributed by atoms with Crippen molar-refractivity contribution >= 4 is 23.9 Å². The molecule has 0 amide bonds. The maximum absolute atomic E-state index is 2.23. The number of unbranched alkanes of at least 4 members (excludes halogenated alkanes) is 1. The van der Waals surface area contributed by atoms with E-state index in [1.54, 1.807) is 0 Å². The fourth-order valence-electron chi connectivity index (χ4n) is 2.02. The van der Waals surface area contributed by atoms with E-state index in [1.165, 1.54) is 40.2 Å². The largest absolute Gasteiger partial charge is 0.126 e. The van der Waals surface area contributed by atoms with Crippen LogP contribution in [0.15, 0.2) is 65.6 Å². The lowest BCUT2D eigenvalue weighted by Crippen LogP contribution is -1.79. The molecule has 0 heterocycles. The molecule has 2 rings (SSSR count). The summed E-state index contributed by atoms with van der Waals surface area (Å²) in [7, 11) is 0. The molecular weight excluding hydrogens is 284 g/mol. The van der Waals surface area contributed by atoms with Crippen LogP contribution >= 0.6 is 11.8 Å². The van der Waals surface area contributed by atoms with Gasteiger partial charge in [-0.25, -0.2) is 0 Å². The van der Waals surface area contributed by atoms with Crippen LogP contribution in [0.1, 0.15) is 36.5 Å². The molecule has 0 bridgehead atoms. The molecule has 0 spiro atoms. The second-order valence-corrected chi connectivity index (χ2v) is 6.57. The maximum atomic E-state index is 2.23. The minimum Gasteiger partial charge on any atom is -0.126 e. The molecule has 2 aromatic carbocycles. The lowest BCUT2D eigenvalue weighted by atomic mass is 10.1. The SMILES string of the molecule is CCCCSc1ccc(/C=C/C=C/c2ccc(C)cc2)cc1. The van der Waals surface area contributed by atoms with Crippen LogP contribution in [0, 0.1) is 6.92 Å². The molecule has 0 aliphatic carbocycles. The average Bonchev–Trinajstić information content (AvgIpc) is 2.55. The van der Waals surface area contributed by atoms with Crippen LogP contribution in [0.3, 0.4) is 0 Å². The predicted molar refractivity (Wildman–Crippen MR) is 101 cm³/mol. The number of rotatable bonds is 7. The van der Waals surface area contributed by atoms with Crippen LogP contribution in [0.2, 0.25) is 0 Å². The lowest BCUT2D eigenvalue weighted by Gasteiger charge is -2.00. The molecule has 2 aromatic rings. The highest BCUT2D eigenvalue weighted by molar-refractivity contribution is 7.99. The maximum Gasteiger partial charge on any atom is 0.00723 e. The zero-order valence-electron chi connectivity index (χ0n) is 13.5. The molecule has 0 nitrogen and oxygen atoms in total. The number of thioether (sulfide) groups is 1. The number of benzene rings is 2. The summed E-state index contributed by atoms with van der Waals surface area (Å²) >= 11 is 1.94. The van der Waals surface area contributed by atoms with E-state index < -0.39 is 0 Å². The zero-order valence-corrected chi connectivity index (χ0v) is 14.3. The van der Waals surface area contributed by atoms with E-state index in [0.717, 1.165) is 0 Å². The number of hydrogen-bond acceptors (Lipinski definition) is 1. The fourth-order valence-corrected chi connectivity index (χ4v) is 3.02. The molecule has 114 valence electrons. The summed E-state index contributed by atoms with van der Waals surface area (Å²) in [6.45, 7) is 4.34. The van der Waals surface area contributed by atoms with Crippen molar-refractivity contribution in [3.63, 3.8) is 0 Å². The fraction of sp³-hybridized carbons (Fsp3) is 0.238. The average molecular weight is 308 g/mol. The minimum atomic E-state index is 1.21. The van der Waals surface area contributed by atoms with Gasteiger partial charge in [-0.15, -0.1) is 11.8 Å². The van der Waals surface area contributed by atoms with Gasteiger partial charge in [0.1, 0.15) is 0 Å². The third-order valence-corrected chi connectivity index (χ3v) is 4.51. The van der Waals surface area contributed by atoms with Crippen LogP contribution in [-0.4, -0.2) is 5.75 Å². The molecule has 0 unspecified atom stereocenters. The highest BCUT2D eigenvalue weighted by Crippen LogP contribution is 2.20. The monoisotopic (exact) mass is 308 g/mol. The molecule has 0 aliphatic rings. The number of aryl methyl sites for hydroxylation is 1. The Kier molecular flexibility index (Phi) is 7.05. The second-order valence-electron chi connectivity index (χ2n) is 5.40. The normalized spacial score (nSPS) is 11.5. The van der Waals surface area contributed by atoms with Gasteiger partial charge in [0, 0.05) is 4.90 Å². The Hall–Kier alpha value is -1.73. The van der Waals surface area contributed by atoms with Crippen molar-refractivity contribution in [2.45, 2.75) is 31.6 Å². The van der Waals surface area contributed by atoms with Gasteiger partial charge < -0.3 is 0 Å². The van der Waals surface area contributed by atoms with Crippen molar-refractivity contribution < 1.29 is 0 Å². The van der Waals surface area contributed by atoms with E-state index in [4.69, 9.17) is 0 Å². The van der Waals surface area contributed by atoms with Crippen molar-refractivity contribution in [3.8, 4) is 0 Å². The first-order valence-corrected chi connectivity index (χ1v) is 8.91. The Bertz CT molecular complexity index is 603. The summed E-state index contributed by atoms with van der Waals surface area (Å²) in [5.41, 5.74) is 3.77. The van der Waals surface area contributed by atoms with E-state index in [9.17, 15) is 0 Å². The van der Waals surface area contributed by atoms with Gasteiger partial charge in [-0.05, 0) is 42.4 Å². The van der Waals surface area contributed by atoms with Gasteiger partial charge in [0.25, 0.3) is 0 Å². The highest BCUT2D eigenvalue weighted by atomic mass is 32.2. The highest BCUT2D eigenvalue weighted by Gasteiger charge is 1.93. The van der Waals surface area contributed by atoms with Crippen molar-refractivity contribution in [2.75, 3.05) is 5.75 Å². The smallest absolute Gasteiger partial charge is 0.00723 e. The van der Waals surface area contributed by atoms with Crippen LogP contribution in [-0.2, 0) is 0 Å². The van der Waals surface area contributed by atoms with Crippen LogP contribution in [0.5, 0.6) is 0 Å². The predicted octanol–water partition coefficient (Wildman–Crippen LogP) is 6.61. The van der Waals surface area contributed by atoms with Crippen molar-refractivity contribution in [3.05, 3.63) is 77.4 Å². The van der Waals surface area contributed by atoms with E-state index in [2.05, 4.69) is 86.7 Å². The Morgan fingerprint density at radius 2 is 1.36 bits per heavy atom. The van der Waals surface area contributed by atoms with E-state index in [0.29, 0.717) is 0 Å². The summed E-state index contributed by atoms with van der Waals surface area (Å²) in [5, 5.41) is 0. The molecule has 0 aliphatic heterocycles. The zero-order chi connectivity index (χ0) is 15.6. The van der Waals surface area contributed by atoms with Gasteiger partial charge in [-0.1, -0.05) is 79.6 Å². The second kappa shape index (κ2) is 9.32. The summed E-state index contributed by atoms with van der Waals surface area (Å²) in [4.78, 5) is 1.36. The van der Waals surface area contributed by atoms with Crippen LogP contribution < -0.4 is 0 Å². The van der Waals surface area contributed by atoms with Crippen LogP contribution in [0.25, 0.3) is 12.2 Å². The molecule has 1 heteroatoms. The summed E-state index contributed by atoms with van der Waals surface area (Å²) in [6.07, 6.45) is 11.0. The van der Waals surface area contributed by atoms with Crippen molar-refractivity contribution in [1.82, 2.24) is 0 Å². The summed E-state index contributed by atoms with van der Waals surface area (Å²) < 4.78 is 0. The van der Waals surface area contributed by atoms with Gasteiger partial charge in [-0.3, -0.25) is 0 Å². The number of allylic oxidation sites excluding steroid dienone is 2. The van der Waals surface area contributed by atoms with Gasteiger partial charge in [0.2, 0.25) is 0 Å². The third-order valence-electron chi connectivity index (χ3n) is 3.41. The first-order chi connectivity index (χ1) is 10.8. The first kappa shape index (κ1) is 16.6. The molecule has 0 radical (unpaired) electrons. The van der Waals surface area contributed by atoms with Gasteiger partial charge in [0.05, 0.1) is 0 Å². The molecule has 0 saturated carbocycles. The van der Waals surface area contributed by atoms with Crippen LogP contribution in [0.4, 0.5) is 0 Å². The standard InChI is InChI=1S/C21H24S/c1-3-4-17-22-21-15-13-20(14-16-21)8-6-5-7-19-11-9-18(2)10-12-19/h5-16H,3-4,17H2,1-2H3/b7-5+,8-6+. The van der Waals surface area contributed by atoms with E-state index in [-0.39, 0.29) is 0 Å². The summed E-state index contributed by atoms with van der Waals surface area (Å²) in [5.74, 6) is 1.21. The molecule has 0 saturated heterocycles. The molecular formula is C21H24S.